The van der Waals surface area contributed by atoms with E-state index in [0.29, 0.717) is 23.5 Å². The number of nitrogens with zero attached hydrogens (tertiary/aromatic N) is 2. The first-order valence-electron chi connectivity index (χ1n) is 16.4. The van der Waals surface area contributed by atoms with Crippen molar-refractivity contribution in [3.05, 3.63) is 126 Å². The summed E-state index contributed by atoms with van der Waals surface area (Å²) in [6.45, 7) is 6.21. The first-order chi connectivity index (χ1) is 23.2. The second-order valence-corrected chi connectivity index (χ2v) is 14.5. The largest absolute Gasteiger partial charge is 0.487 e. The molecule has 0 radical (unpaired) electrons. The summed E-state index contributed by atoms with van der Waals surface area (Å²) in [4.78, 5) is 4.74. The Morgan fingerprint density at radius 1 is 1.00 bits per heavy atom. The van der Waals surface area contributed by atoms with Crippen molar-refractivity contribution >= 4 is 21.4 Å². The van der Waals surface area contributed by atoms with Crippen LogP contribution in [0.3, 0.4) is 0 Å². The highest BCUT2D eigenvalue weighted by Crippen LogP contribution is 2.35. The van der Waals surface area contributed by atoms with Gasteiger partial charge in [-0.2, -0.15) is 0 Å². The van der Waals surface area contributed by atoms with Crippen LogP contribution in [0.2, 0.25) is 0 Å². The Kier molecular flexibility index (Phi) is 10.1. The van der Waals surface area contributed by atoms with E-state index in [1.807, 2.05) is 79.3 Å². The molecule has 0 aliphatic carbocycles. The number of benzene rings is 4. The smallest absolute Gasteiger partial charge is 0.264 e. The van der Waals surface area contributed by atoms with Crippen molar-refractivity contribution in [2.45, 2.75) is 62.8 Å². The average molecular weight is 666 g/mol. The summed E-state index contributed by atoms with van der Waals surface area (Å²) in [5, 5.41) is 18.1. The zero-order chi connectivity index (χ0) is 33.6. The molecule has 0 saturated heterocycles. The molecule has 1 aliphatic rings. The first kappa shape index (κ1) is 33.3. The molecule has 4 aromatic carbocycles. The number of para-hydroxylation sites is 1. The fourth-order valence-corrected chi connectivity index (χ4v) is 7.11. The molecule has 1 atom stereocenters. The van der Waals surface area contributed by atoms with Crippen molar-refractivity contribution in [3.63, 3.8) is 0 Å². The summed E-state index contributed by atoms with van der Waals surface area (Å²) in [5.41, 5.74) is 5.13. The number of nitrogens with one attached hydrogen (secondary N) is 3. The molecule has 48 heavy (non-hydrogen) atoms. The van der Waals surface area contributed by atoms with Crippen molar-refractivity contribution in [2.24, 2.45) is 0 Å². The monoisotopic (exact) mass is 665 g/mol. The molecule has 0 bridgehead atoms. The Morgan fingerprint density at radius 2 is 1.77 bits per heavy atom. The summed E-state index contributed by atoms with van der Waals surface area (Å²) in [6, 6.07) is 30.3. The summed E-state index contributed by atoms with van der Waals surface area (Å²) in [5.74, 6) is 0.375. The zero-order valence-electron chi connectivity index (χ0n) is 27.4. The summed E-state index contributed by atoms with van der Waals surface area (Å²) < 4.78 is 38.6. The van der Waals surface area contributed by atoms with Gasteiger partial charge in [0.1, 0.15) is 17.3 Å². The minimum Gasteiger partial charge on any atom is -0.487 e. The van der Waals surface area contributed by atoms with Gasteiger partial charge < -0.3 is 25.0 Å². The fourth-order valence-electron chi connectivity index (χ4n) is 5.83. The maximum atomic E-state index is 13.8. The quantitative estimate of drug-likeness (QED) is 0.103. The van der Waals surface area contributed by atoms with Gasteiger partial charge in [-0.3, -0.25) is 4.72 Å². The van der Waals surface area contributed by atoms with Crippen LogP contribution in [0.1, 0.15) is 49.5 Å². The minimum atomic E-state index is -3.99. The number of sulfonamides is 1. The lowest BCUT2D eigenvalue weighted by atomic mass is 9.99. The molecule has 1 aromatic heterocycles. The van der Waals surface area contributed by atoms with Crippen molar-refractivity contribution in [2.75, 3.05) is 23.1 Å². The maximum Gasteiger partial charge on any atom is 0.264 e. The minimum absolute atomic E-state index is 0.192. The van der Waals surface area contributed by atoms with Gasteiger partial charge in [0, 0.05) is 36.9 Å². The van der Waals surface area contributed by atoms with E-state index in [1.54, 1.807) is 30.3 Å². The first-order valence-corrected chi connectivity index (χ1v) is 17.8. The number of aryl methyl sites for hydroxylation is 2. The molecule has 0 fully saturated rings. The number of imidazole rings is 1. The molecule has 0 unspecified atom stereocenters. The molecule has 10 heteroatoms. The Labute approximate surface area is 283 Å². The normalized spacial score (nSPS) is 13.7. The van der Waals surface area contributed by atoms with E-state index in [-0.39, 0.29) is 29.3 Å². The Bertz CT molecular complexity index is 1930. The van der Waals surface area contributed by atoms with Crippen LogP contribution in [0.25, 0.3) is 11.3 Å². The predicted octanol–water partition coefficient (Wildman–Crippen LogP) is 6.78. The van der Waals surface area contributed by atoms with E-state index in [0.717, 1.165) is 48.2 Å². The lowest BCUT2D eigenvalue weighted by Crippen LogP contribution is -2.42. The second kappa shape index (κ2) is 14.6. The number of rotatable bonds is 14. The molecule has 0 amide bonds. The van der Waals surface area contributed by atoms with Crippen molar-refractivity contribution < 1.29 is 18.3 Å². The van der Waals surface area contributed by atoms with Crippen LogP contribution < -0.4 is 20.1 Å². The van der Waals surface area contributed by atoms with Gasteiger partial charge in [-0.15, -0.1) is 0 Å². The number of fused-ring (bicyclic) bond motifs is 1. The molecule has 0 saturated carbocycles. The van der Waals surface area contributed by atoms with Gasteiger partial charge in [-0.1, -0.05) is 78.9 Å². The van der Waals surface area contributed by atoms with Crippen molar-refractivity contribution in [1.29, 1.82) is 0 Å². The van der Waals surface area contributed by atoms with E-state index in [4.69, 9.17) is 4.74 Å². The number of aromatic nitrogens is 2. The lowest BCUT2D eigenvalue weighted by molar-refractivity contribution is 0.158. The predicted molar refractivity (Wildman–Crippen MR) is 191 cm³/mol. The highest BCUT2D eigenvalue weighted by Gasteiger charge is 2.25. The van der Waals surface area contributed by atoms with Gasteiger partial charge >= 0.3 is 0 Å². The van der Waals surface area contributed by atoms with Crippen LogP contribution in [-0.2, 0) is 29.6 Å². The third-order valence-electron chi connectivity index (χ3n) is 8.67. The third-order valence-corrected chi connectivity index (χ3v) is 10.1. The zero-order valence-corrected chi connectivity index (χ0v) is 28.2. The van der Waals surface area contributed by atoms with Crippen LogP contribution >= 0.6 is 0 Å². The average Bonchev–Trinajstić information content (AvgIpc) is 3.59. The van der Waals surface area contributed by atoms with Crippen LogP contribution in [0.5, 0.6) is 5.75 Å². The Balaban J connectivity index is 1.16. The SMILES string of the molecule is CC(C)(CCn1cnc(-c2ccccc2)c1)NC[C@H](O)c1ccc(OCc2ccccc2)c(NS(=O)(=O)c2cccc3c2NCCC3)c1. The molecular weight excluding hydrogens is 623 g/mol. The molecular formula is C38H43N5O4S. The molecule has 1 aliphatic heterocycles. The third kappa shape index (κ3) is 8.25. The van der Waals surface area contributed by atoms with E-state index >= 15 is 0 Å². The lowest BCUT2D eigenvalue weighted by Gasteiger charge is -2.28. The molecule has 2 heterocycles. The number of ether oxygens (including phenoxy) is 1. The Morgan fingerprint density at radius 3 is 2.56 bits per heavy atom. The molecule has 4 N–H and O–H groups in total. The summed E-state index contributed by atoms with van der Waals surface area (Å²) in [7, 11) is -3.99. The topological polar surface area (TPSA) is 118 Å². The van der Waals surface area contributed by atoms with Gasteiger partial charge in [0.05, 0.1) is 29.5 Å². The number of hydrogen-bond acceptors (Lipinski definition) is 7. The van der Waals surface area contributed by atoms with E-state index in [1.165, 1.54) is 0 Å². The summed E-state index contributed by atoms with van der Waals surface area (Å²) in [6.07, 6.45) is 5.57. The number of aliphatic hydroxyl groups excluding tert-OH is 1. The van der Waals surface area contributed by atoms with E-state index in [9.17, 15) is 13.5 Å². The maximum absolute atomic E-state index is 13.8. The van der Waals surface area contributed by atoms with Gasteiger partial charge in [-0.25, -0.2) is 13.4 Å². The highest BCUT2D eigenvalue weighted by molar-refractivity contribution is 7.93. The molecule has 6 rings (SSSR count). The number of β-amino-alcohol motifs (C(OH)–C–C–N with tert-alkyl or cyclic N) is 1. The van der Waals surface area contributed by atoms with Gasteiger partial charge in [0.25, 0.3) is 10.0 Å². The van der Waals surface area contributed by atoms with Crippen molar-refractivity contribution in [3.8, 4) is 17.0 Å². The molecule has 0 spiro atoms. The molecule has 9 nitrogen and oxygen atoms in total. The van der Waals surface area contributed by atoms with E-state index < -0.39 is 16.1 Å². The molecule has 5 aromatic rings. The van der Waals surface area contributed by atoms with Gasteiger partial charge in [-0.05, 0) is 68.0 Å². The standard InChI is InChI=1S/C38H43N5O4S/c1-38(2,20-22-43-25-33(40-27-43)29-13-7-4-8-14-29)41-24-34(44)31-18-19-35(47-26-28-11-5-3-6-12-28)32(23-31)42-48(45,46)36-17-9-15-30-16-10-21-39-37(30)36/h3-9,11-15,17-19,23,25,27,34,39,41-42,44H,10,16,20-22,24,26H2,1-2H3/t34-/m0/s1. The number of aliphatic hydroxyl groups is 1. The van der Waals surface area contributed by atoms with Gasteiger partial charge in [0.2, 0.25) is 0 Å². The van der Waals surface area contributed by atoms with Gasteiger partial charge in [0.15, 0.2) is 0 Å². The number of anilines is 2. The van der Waals surface area contributed by atoms with Crippen LogP contribution in [0.15, 0.2) is 114 Å². The number of hydrogen-bond donors (Lipinski definition) is 4. The molecule has 250 valence electrons. The Hall–Kier alpha value is -4.64. The van der Waals surface area contributed by atoms with Crippen molar-refractivity contribution in [1.82, 2.24) is 14.9 Å². The van der Waals surface area contributed by atoms with Crippen LogP contribution in [0.4, 0.5) is 11.4 Å². The second-order valence-electron chi connectivity index (χ2n) is 12.8. The summed E-state index contributed by atoms with van der Waals surface area (Å²) >= 11 is 0. The highest BCUT2D eigenvalue weighted by atomic mass is 32.2. The van der Waals surface area contributed by atoms with Crippen LogP contribution in [0, 0.1) is 0 Å². The van der Waals surface area contributed by atoms with Crippen LogP contribution in [-0.4, -0.2) is 41.7 Å². The van der Waals surface area contributed by atoms with E-state index in [2.05, 4.69) is 38.8 Å². The fraction of sp³-hybridized carbons (Fsp3) is 0.289.